The van der Waals surface area contributed by atoms with E-state index in [4.69, 9.17) is 0 Å². The zero-order chi connectivity index (χ0) is 10.3. The molecule has 0 saturated heterocycles. The van der Waals surface area contributed by atoms with E-state index in [-0.39, 0.29) is 5.78 Å². The molecule has 3 aliphatic carbocycles. The van der Waals surface area contributed by atoms with E-state index < -0.39 is 0 Å². The summed E-state index contributed by atoms with van der Waals surface area (Å²) >= 11 is 0. The maximum Gasteiger partial charge on any atom is 0.182 e. The Morgan fingerprint density at radius 2 is 1.87 bits per heavy atom. The third-order valence-corrected chi connectivity index (χ3v) is 2.89. The van der Waals surface area contributed by atoms with Crippen LogP contribution in [0.4, 0.5) is 0 Å². The average Bonchev–Trinajstić information content (AvgIpc) is 2.61. The van der Waals surface area contributed by atoms with Crippen LogP contribution in [0.25, 0.3) is 0 Å². The topological polar surface area (TPSA) is 17.1 Å². The van der Waals surface area contributed by atoms with Crippen molar-refractivity contribution in [1.29, 1.82) is 0 Å². The van der Waals surface area contributed by atoms with Crippen LogP contribution in [0.1, 0.15) is 6.42 Å². The minimum Gasteiger partial charge on any atom is -0.290 e. The highest BCUT2D eigenvalue weighted by Gasteiger charge is 2.25. The second-order valence-electron chi connectivity index (χ2n) is 3.78. The lowest BCUT2D eigenvalue weighted by atomic mass is 9.89. The van der Waals surface area contributed by atoms with Gasteiger partial charge in [0.1, 0.15) is 0 Å². The van der Waals surface area contributed by atoms with Gasteiger partial charge in [-0.1, -0.05) is 42.5 Å². The Bertz CT molecular complexity index is 520. The van der Waals surface area contributed by atoms with Crippen molar-refractivity contribution in [2.75, 3.05) is 0 Å². The lowest BCUT2D eigenvalue weighted by Gasteiger charge is -2.14. The summed E-state index contributed by atoms with van der Waals surface area (Å²) in [5, 5.41) is 0. The van der Waals surface area contributed by atoms with Crippen molar-refractivity contribution in [2.45, 2.75) is 6.42 Å². The third-order valence-electron chi connectivity index (χ3n) is 2.89. The first-order chi connectivity index (χ1) is 7.36. The van der Waals surface area contributed by atoms with Crippen LogP contribution in [0.15, 0.2) is 70.9 Å². The zero-order valence-corrected chi connectivity index (χ0v) is 8.23. The van der Waals surface area contributed by atoms with E-state index >= 15 is 0 Å². The van der Waals surface area contributed by atoms with Gasteiger partial charge >= 0.3 is 0 Å². The summed E-state index contributed by atoms with van der Waals surface area (Å²) in [4.78, 5) is 11.7. The number of ketones is 1. The number of hydrogen-bond acceptors (Lipinski definition) is 1. The molecule has 15 heavy (non-hydrogen) atoms. The maximum atomic E-state index is 11.7. The fraction of sp³-hybridized carbons (Fsp3) is 0.0714. The van der Waals surface area contributed by atoms with Gasteiger partial charge in [-0.2, -0.15) is 0 Å². The summed E-state index contributed by atoms with van der Waals surface area (Å²) in [6.45, 7) is 0. The molecule has 0 saturated carbocycles. The van der Waals surface area contributed by atoms with Crippen molar-refractivity contribution in [1.82, 2.24) is 0 Å². The molecule has 0 radical (unpaired) electrons. The van der Waals surface area contributed by atoms with Crippen LogP contribution in [0, 0.1) is 0 Å². The van der Waals surface area contributed by atoms with Gasteiger partial charge in [0.15, 0.2) is 5.78 Å². The Morgan fingerprint density at radius 1 is 0.933 bits per heavy atom. The summed E-state index contributed by atoms with van der Waals surface area (Å²) in [5.41, 5.74) is 4.40. The molecule has 0 N–H and O–H groups in total. The van der Waals surface area contributed by atoms with Gasteiger partial charge in [-0.25, -0.2) is 0 Å². The highest BCUT2D eigenvalue weighted by Crippen LogP contribution is 2.37. The Balaban J connectivity index is 2.25. The molecule has 3 rings (SSSR count). The quantitative estimate of drug-likeness (QED) is 0.579. The summed E-state index contributed by atoms with van der Waals surface area (Å²) in [6.07, 6.45) is 16.6. The van der Waals surface area contributed by atoms with Gasteiger partial charge in [-0.3, -0.25) is 4.79 Å². The van der Waals surface area contributed by atoms with Crippen molar-refractivity contribution >= 4 is 5.78 Å². The SMILES string of the molecule is O=C1C=C/C2=C/C=C\C=C/C3=CCC1=C32. The summed E-state index contributed by atoms with van der Waals surface area (Å²) in [5.74, 6) is 0.159. The smallest absolute Gasteiger partial charge is 0.182 e. The van der Waals surface area contributed by atoms with E-state index in [0.717, 1.165) is 23.1 Å². The number of hydrogen-bond donors (Lipinski definition) is 0. The molecule has 0 heterocycles. The Hall–Kier alpha value is -1.89. The van der Waals surface area contributed by atoms with Gasteiger partial charge in [0.2, 0.25) is 0 Å². The molecule has 1 heteroatoms. The van der Waals surface area contributed by atoms with E-state index in [2.05, 4.69) is 18.2 Å². The minimum absolute atomic E-state index is 0.159. The molecule has 0 unspecified atom stereocenters. The average molecular weight is 194 g/mol. The standard InChI is InChI=1S/C14H10O/c15-13-9-7-11-5-3-1-2-4-10-6-8-12(13)14(10)11/h1-7,9H,8H2/b3-1-,4-2-,11-5-. The van der Waals surface area contributed by atoms with E-state index in [0.29, 0.717) is 0 Å². The molecule has 1 nitrogen and oxygen atoms in total. The highest BCUT2D eigenvalue weighted by atomic mass is 16.1. The maximum absolute atomic E-state index is 11.7. The predicted octanol–water partition coefficient (Wildman–Crippen LogP) is 2.80. The molecular weight excluding hydrogens is 184 g/mol. The van der Waals surface area contributed by atoms with Crippen molar-refractivity contribution in [3.63, 3.8) is 0 Å². The van der Waals surface area contributed by atoms with Crippen molar-refractivity contribution in [2.24, 2.45) is 0 Å². The van der Waals surface area contributed by atoms with Gasteiger partial charge in [-0.05, 0) is 29.2 Å². The molecule has 0 aliphatic heterocycles. The van der Waals surface area contributed by atoms with Crippen LogP contribution < -0.4 is 0 Å². The third kappa shape index (κ3) is 1.20. The van der Waals surface area contributed by atoms with Crippen LogP contribution in [0.5, 0.6) is 0 Å². The van der Waals surface area contributed by atoms with Gasteiger partial charge in [0, 0.05) is 5.57 Å². The second kappa shape index (κ2) is 3.06. The molecular formula is C14H10O. The first kappa shape index (κ1) is 8.42. The van der Waals surface area contributed by atoms with Gasteiger partial charge in [0.25, 0.3) is 0 Å². The molecule has 0 bridgehead atoms. The molecule has 0 amide bonds. The number of allylic oxidation sites excluding steroid dienone is 12. The Morgan fingerprint density at radius 3 is 2.80 bits per heavy atom. The van der Waals surface area contributed by atoms with E-state index in [1.807, 2.05) is 24.3 Å². The van der Waals surface area contributed by atoms with Crippen molar-refractivity contribution in [3.05, 3.63) is 70.9 Å². The number of carbonyl (C=O) groups is 1. The van der Waals surface area contributed by atoms with Gasteiger partial charge < -0.3 is 0 Å². The van der Waals surface area contributed by atoms with E-state index in [9.17, 15) is 4.79 Å². The summed E-state index contributed by atoms with van der Waals surface area (Å²) < 4.78 is 0. The largest absolute Gasteiger partial charge is 0.290 e. The molecule has 0 aromatic rings. The number of carbonyl (C=O) groups excluding carboxylic acids is 1. The zero-order valence-electron chi connectivity index (χ0n) is 8.23. The number of rotatable bonds is 0. The molecule has 0 spiro atoms. The lowest BCUT2D eigenvalue weighted by molar-refractivity contribution is -0.111. The van der Waals surface area contributed by atoms with Crippen LogP contribution in [0.3, 0.4) is 0 Å². The molecule has 0 fully saturated rings. The normalized spacial score (nSPS) is 30.0. The van der Waals surface area contributed by atoms with Gasteiger partial charge in [0.05, 0.1) is 0 Å². The summed E-state index contributed by atoms with van der Waals surface area (Å²) in [7, 11) is 0. The van der Waals surface area contributed by atoms with Crippen LogP contribution in [-0.2, 0) is 4.79 Å². The molecule has 0 aromatic carbocycles. The molecule has 0 aromatic heterocycles. The Labute approximate surface area is 88.5 Å². The summed E-state index contributed by atoms with van der Waals surface area (Å²) in [6, 6.07) is 0. The van der Waals surface area contributed by atoms with E-state index in [1.54, 1.807) is 6.08 Å². The first-order valence-electron chi connectivity index (χ1n) is 5.08. The fourth-order valence-electron chi connectivity index (χ4n) is 2.18. The van der Waals surface area contributed by atoms with Crippen LogP contribution in [0.2, 0.25) is 0 Å². The highest BCUT2D eigenvalue weighted by molar-refractivity contribution is 6.09. The minimum atomic E-state index is 0.159. The van der Waals surface area contributed by atoms with Crippen LogP contribution >= 0.6 is 0 Å². The monoisotopic (exact) mass is 194 g/mol. The predicted molar refractivity (Wildman–Crippen MR) is 60.2 cm³/mol. The first-order valence-corrected chi connectivity index (χ1v) is 5.08. The van der Waals surface area contributed by atoms with Crippen LogP contribution in [-0.4, -0.2) is 5.78 Å². The van der Waals surface area contributed by atoms with Crippen molar-refractivity contribution in [3.8, 4) is 0 Å². The second-order valence-corrected chi connectivity index (χ2v) is 3.78. The van der Waals surface area contributed by atoms with Gasteiger partial charge in [-0.15, -0.1) is 0 Å². The molecule has 3 aliphatic rings. The van der Waals surface area contributed by atoms with Crippen molar-refractivity contribution < 1.29 is 4.79 Å². The Kier molecular flexibility index (Phi) is 1.72. The molecule has 0 atom stereocenters. The fourth-order valence-corrected chi connectivity index (χ4v) is 2.18. The van der Waals surface area contributed by atoms with E-state index in [1.165, 1.54) is 5.57 Å². The lowest BCUT2D eigenvalue weighted by Crippen LogP contribution is -2.06. The molecule has 72 valence electrons.